The number of hydrogen-bond donors (Lipinski definition) is 0. The van der Waals surface area contributed by atoms with Crippen molar-refractivity contribution in [3.63, 3.8) is 0 Å². The highest BCUT2D eigenvalue weighted by molar-refractivity contribution is 6.42. The van der Waals surface area contributed by atoms with E-state index in [4.69, 9.17) is 39.6 Å². The van der Waals surface area contributed by atoms with Gasteiger partial charge in [0.15, 0.2) is 6.10 Å². The van der Waals surface area contributed by atoms with Crippen LogP contribution in [-0.2, 0) is 14.4 Å². The first-order chi connectivity index (χ1) is 15.0. The lowest BCUT2D eigenvalue weighted by Gasteiger charge is -2.29. The minimum Gasteiger partial charge on any atom is -0.273 e. The number of carbonyl (C=O) groups excluding carboxylic acids is 2. The highest BCUT2D eigenvalue weighted by atomic mass is 35.5. The number of nitrogens with zero attached hydrogens (tertiary/aromatic N) is 2. The number of imide groups is 1. The average Bonchev–Trinajstić information content (AvgIpc) is 3.26. The van der Waals surface area contributed by atoms with E-state index in [-0.39, 0.29) is 15.7 Å². The Hall–Kier alpha value is -2.57. The summed E-state index contributed by atoms with van der Waals surface area (Å²) in [5.74, 6) is -1.72. The van der Waals surface area contributed by atoms with E-state index >= 15 is 0 Å². The van der Waals surface area contributed by atoms with Gasteiger partial charge in [0, 0.05) is 5.02 Å². The predicted octanol–water partition coefficient (Wildman–Crippen LogP) is 5.70. The SMILES string of the molecule is O=C1[C@H]2[C@@H](ON(c3ccccc3)[C@H]2c2cccc(Cl)c2)C(=O)N1c1c(Cl)cccc1Cl. The Kier molecular flexibility index (Phi) is 5.15. The third kappa shape index (κ3) is 3.29. The van der Waals surface area contributed by atoms with Gasteiger partial charge in [-0.1, -0.05) is 71.2 Å². The standard InChI is InChI=1S/C23H15Cl3N2O3/c24-14-7-4-6-13(12-14)19-18-21(31-28(19)15-8-2-1-3-9-15)23(30)27(22(18)29)20-16(25)10-5-11-17(20)26/h1-12,18-19,21H/t18-,19+,21-/m1/s1. The Morgan fingerprint density at radius 2 is 1.45 bits per heavy atom. The summed E-state index contributed by atoms with van der Waals surface area (Å²) in [4.78, 5) is 34.1. The third-order valence-corrected chi connectivity index (χ3v) is 6.32. The highest BCUT2D eigenvalue weighted by Crippen LogP contribution is 2.49. The van der Waals surface area contributed by atoms with Gasteiger partial charge in [0.1, 0.15) is 5.92 Å². The molecule has 0 saturated carbocycles. The van der Waals surface area contributed by atoms with Crippen LogP contribution in [0.3, 0.4) is 0 Å². The molecule has 8 heteroatoms. The summed E-state index contributed by atoms with van der Waals surface area (Å²) in [5, 5.41) is 2.57. The second-order valence-electron chi connectivity index (χ2n) is 7.30. The Labute approximate surface area is 193 Å². The molecule has 2 saturated heterocycles. The molecule has 3 aromatic rings. The van der Waals surface area contributed by atoms with Crippen LogP contribution in [0.25, 0.3) is 0 Å². The van der Waals surface area contributed by atoms with Crippen molar-refractivity contribution in [1.29, 1.82) is 0 Å². The molecule has 0 bridgehead atoms. The van der Waals surface area contributed by atoms with Gasteiger partial charge in [0.2, 0.25) is 5.91 Å². The average molecular weight is 474 g/mol. The lowest BCUT2D eigenvalue weighted by atomic mass is 9.90. The zero-order valence-corrected chi connectivity index (χ0v) is 18.2. The lowest BCUT2D eigenvalue weighted by Crippen LogP contribution is -2.37. The van der Waals surface area contributed by atoms with E-state index in [1.807, 2.05) is 36.4 Å². The number of rotatable bonds is 3. The number of anilines is 2. The van der Waals surface area contributed by atoms with Gasteiger partial charge in [-0.2, -0.15) is 0 Å². The van der Waals surface area contributed by atoms with Crippen molar-refractivity contribution in [1.82, 2.24) is 0 Å². The number of amides is 2. The molecule has 0 unspecified atom stereocenters. The zero-order valence-electron chi connectivity index (χ0n) is 15.9. The second-order valence-corrected chi connectivity index (χ2v) is 8.55. The molecule has 2 heterocycles. The summed E-state index contributed by atoms with van der Waals surface area (Å²) < 4.78 is 0. The zero-order chi connectivity index (χ0) is 21.7. The number of carbonyl (C=O) groups is 2. The molecule has 2 fully saturated rings. The Morgan fingerprint density at radius 3 is 2.13 bits per heavy atom. The first kappa shape index (κ1) is 20.3. The molecular weight excluding hydrogens is 459 g/mol. The summed E-state index contributed by atoms with van der Waals surface area (Å²) in [6.07, 6.45) is -1.01. The minimum atomic E-state index is -1.01. The van der Waals surface area contributed by atoms with Gasteiger partial charge in [-0.3, -0.25) is 14.4 Å². The summed E-state index contributed by atoms with van der Waals surface area (Å²) in [5.41, 5.74) is 1.66. The number of para-hydroxylation sites is 2. The van der Waals surface area contributed by atoms with E-state index in [2.05, 4.69) is 0 Å². The Bertz CT molecular complexity index is 1170. The maximum Gasteiger partial charge on any atom is 0.266 e. The van der Waals surface area contributed by atoms with Crippen LogP contribution in [0.1, 0.15) is 11.6 Å². The Balaban J connectivity index is 1.62. The van der Waals surface area contributed by atoms with Crippen molar-refractivity contribution in [2.24, 2.45) is 5.92 Å². The van der Waals surface area contributed by atoms with Crippen molar-refractivity contribution in [2.45, 2.75) is 12.1 Å². The summed E-state index contributed by atoms with van der Waals surface area (Å²) in [7, 11) is 0. The van der Waals surface area contributed by atoms with Crippen LogP contribution >= 0.6 is 34.8 Å². The van der Waals surface area contributed by atoms with Crippen LogP contribution in [0.15, 0.2) is 72.8 Å². The molecule has 3 aromatic carbocycles. The first-order valence-electron chi connectivity index (χ1n) is 9.55. The fourth-order valence-electron chi connectivity index (χ4n) is 4.17. The molecule has 2 aliphatic rings. The lowest BCUT2D eigenvalue weighted by molar-refractivity contribution is -0.126. The maximum atomic E-state index is 13.6. The molecule has 5 rings (SSSR count). The van der Waals surface area contributed by atoms with E-state index in [0.717, 1.165) is 16.2 Å². The number of benzene rings is 3. The van der Waals surface area contributed by atoms with Gasteiger partial charge >= 0.3 is 0 Å². The van der Waals surface area contributed by atoms with Crippen LogP contribution in [-0.4, -0.2) is 17.9 Å². The van der Waals surface area contributed by atoms with Gasteiger partial charge in [0.25, 0.3) is 5.91 Å². The van der Waals surface area contributed by atoms with E-state index in [0.29, 0.717) is 5.02 Å². The molecule has 0 radical (unpaired) electrons. The topological polar surface area (TPSA) is 49.9 Å². The van der Waals surface area contributed by atoms with Gasteiger partial charge in [-0.05, 0) is 42.0 Å². The molecule has 2 aliphatic heterocycles. The predicted molar refractivity (Wildman–Crippen MR) is 120 cm³/mol. The third-order valence-electron chi connectivity index (χ3n) is 5.48. The number of fused-ring (bicyclic) bond motifs is 1. The number of hydroxylamine groups is 1. The second kappa shape index (κ2) is 7.84. The Morgan fingerprint density at radius 1 is 0.774 bits per heavy atom. The van der Waals surface area contributed by atoms with Crippen LogP contribution in [0, 0.1) is 5.92 Å². The first-order valence-corrected chi connectivity index (χ1v) is 10.7. The van der Waals surface area contributed by atoms with Gasteiger partial charge in [-0.15, -0.1) is 0 Å². The molecule has 0 aliphatic carbocycles. The van der Waals surface area contributed by atoms with Crippen LogP contribution in [0.2, 0.25) is 15.1 Å². The molecule has 0 spiro atoms. The summed E-state index contributed by atoms with van der Waals surface area (Å²) in [6, 6.07) is 20.8. The largest absolute Gasteiger partial charge is 0.273 e. The fraction of sp³-hybridized carbons (Fsp3) is 0.130. The van der Waals surface area contributed by atoms with Gasteiger partial charge in [-0.25, -0.2) is 9.96 Å². The van der Waals surface area contributed by atoms with Gasteiger partial charge in [0.05, 0.1) is 27.5 Å². The van der Waals surface area contributed by atoms with Crippen LogP contribution < -0.4 is 9.96 Å². The molecule has 5 nitrogen and oxygen atoms in total. The smallest absolute Gasteiger partial charge is 0.266 e. The van der Waals surface area contributed by atoms with Crippen molar-refractivity contribution in [3.8, 4) is 0 Å². The van der Waals surface area contributed by atoms with E-state index in [1.165, 1.54) is 0 Å². The van der Waals surface area contributed by atoms with E-state index < -0.39 is 29.9 Å². The van der Waals surface area contributed by atoms with Crippen LogP contribution in [0.5, 0.6) is 0 Å². The minimum absolute atomic E-state index is 0.176. The van der Waals surface area contributed by atoms with Crippen molar-refractivity contribution >= 4 is 58.0 Å². The van der Waals surface area contributed by atoms with Crippen molar-refractivity contribution in [2.75, 3.05) is 9.96 Å². The molecule has 0 N–H and O–H groups in total. The molecule has 31 heavy (non-hydrogen) atoms. The van der Waals surface area contributed by atoms with Crippen molar-refractivity contribution in [3.05, 3.63) is 93.4 Å². The van der Waals surface area contributed by atoms with E-state index in [1.54, 1.807) is 41.5 Å². The fourth-order valence-corrected chi connectivity index (χ4v) is 4.93. The normalized spacial score (nSPS) is 22.9. The maximum absolute atomic E-state index is 13.6. The molecule has 3 atom stereocenters. The molecule has 2 amide bonds. The van der Waals surface area contributed by atoms with Crippen molar-refractivity contribution < 1.29 is 14.4 Å². The van der Waals surface area contributed by atoms with Gasteiger partial charge < -0.3 is 0 Å². The molecular formula is C23H15Cl3N2O3. The molecule has 156 valence electrons. The highest BCUT2D eigenvalue weighted by Gasteiger charge is 2.60. The van der Waals surface area contributed by atoms with E-state index in [9.17, 15) is 9.59 Å². The monoisotopic (exact) mass is 472 g/mol. The quantitative estimate of drug-likeness (QED) is 0.458. The number of halogens is 3. The number of hydrogen-bond acceptors (Lipinski definition) is 4. The summed E-state index contributed by atoms with van der Waals surface area (Å²) in [6.45, 7) is 0. The summed E-state index contributed by atoms with van der Waals surface area (Å²) >= 11 is 18.8. The van der Waals surface area contributed by atoms with Crippen LogP contribution in [0.4, 0.5) is 11.4 Å². The molecule has 0 aromatic heterocycles.